The van der Waals surface area contributed by atoms with E-state index in [0.29, 0.717) is 0 Å². The highest BCUT2D eigenvalue weighted by atomic mass is 79.9. The first-order valence-electron chi connectivity index (χ1n) is 6.69. The predicted molar refractivity (Wildman–Crippen MR) is 92.4 cm³/mol. The van der Waals surface area contributed by atoms with Crippen molar-refractivity contribution in [3.05, 3.63) is 63.1 Å². The van der Waals surface area contributed by atoms with Gasteiger partial charge in [0, 0.05) is 21.2 Å². The molecule has 2 N–H and O–H groups in total. The van der Waals surface area contributed by atoms with Crippen LogP contribution in [-0.2, 0) is 0 Å². The molecule has 20 heavy (non-hydrogen) atoms. The van der Waals surface area contributed by atoms with Crippen molar-refractivity contribution >= 4 is 27.7 Å². The van der Waals surface area contributed by atoms with Crippen molar-refractivity contribution < 1.29 is 0 Å². The predicted octanol–water partition coefficient (Wildman–Crippen LogP) is 5.17. The first kappa shape index (κ1) is 15.6. The summed E-state index contributed by atoms with van der Waals surface area (Å²) in [6, 6.07) is 12.8. The molecule has 0 saturated heterocycles. The van der Waals surface area contributed by atoms with Crippen molar-refractivity contribution in [2.45, 2.75) is 31.7 Å². The summed E-state index contributed by atoms with van der Waals surface area (Å²) in [5, 5.41) is 0. The third-order valence-corrected chi connectivity index (χ3v) is 5.51. The van der Waals surface area contributed by atoms with E-state index in [1.54, 1.807) is 11.8 Å². The molecule has 0 aliphatic rings. The van der Waals surface area contributed by atoms with E-state index in [1.807, 2.05) is 6.07 Å². The van der Waals surface area contributed by atoms with E-state index in [1.165, 1.54) is 27.1 Å². The van der Waals surface area contributed by atoms with Gasteiger partial charge in [-0.2, -0.15) is 0 Å². The maximum atomic E-state index is 6.41. The summed E-state index contributed by atoms with van der Waals surface area (Å²) in [5.74, 6) is 0.882. The highest BCUT2D eigenvalue weighted by Gasteiger charge is 2.13. The van der Waals surface area contributed by atoms with Gasteiger partial charge in [-0.1, -0.05) is 29.8 Å². The normalized spacial score (nSPS) is 12.4. The zero-order valence-corrected chi connectivity index (χ0v) is 14.5. The van der Waals surface area contributed by atoms with E-state index in [0.717, 1.165) is 10.2 Å². The molecule has 0 amide bonds. The fourth-order valence-electron chi connectivity index (χ4n) is 2.60. The van der Waals surface area contributed by atoms with Gasteiger partial charge in [0.1, 0.15) is 0 Å². The van der Waals surface area contributed by atoms with Gasteiger partial charge in [0.15, 0.2) is 0 Å². The molecule has 1 nitrogen and oxygen atoms in total. The Labute approximate surface area is 134 Å². The summed E-state index contributed by atoms with van der Waals surface area (Å²) in [6.45, 7) is 6.43. The fourth-order valence-corrected chi connectivity index (χ4v) is 4.14. The molecule has 106 valence electrons. The van der Waals surface area contributed by atoms with Crippen LogP contribution in [-0.4, -0.2) is 5.75 Å². The Morgan fingerprint density at radius 2 is 1.70 bits per heavy atom. The summed E-state index contributed by atoms with van der Waals surface area (Å²) in [6.07, 6.45) is 0. The van der Waals surface area contributed by atoms with Crippen LogP contribution in [0.25, 0.3) is 0 Å². The number of thioether (sulfide) groups is 1. The lowest BCUT2D eigenvalue weighted by atomic mass is 9.95. The Bertz CT molecular complexity index is 587. The van der Waals surface area contributed by atoms with Gasteiger partial charge in [-0.05, 0) is 65.5 Å². The van der Waals surface area contributed by atoms with Gasteiger partial charge in [-0.25, -0.2) is 0 Å². The van der Waals surface area contributed by atoms with Crippen LogP contribution in [0.4, 0.5) is 0 Å². The molecule has 1 atom stereocenters. The van der Waals surface area contributed by atoms with Crippen LogP contribution in [0.1, 0.15) is 28.3 Å². The Balaban J connectivity index is 2.13. The van der Waals surface area contributed by atoms with Crippen molar-refractivity contribution in [2.75, 3.05) is 5.75 Å². The molecule has 0 saturated carbocycles. The van der Waals surface area contributed by atoms with Gasteiger partial charge in [0.2, 0.25) is 0 Å². The van der Waals surface area contributed by atoms with Gasteiger partial charge in [-0.15, -0.1) is 11.8 Å². The lowest BCUT2D eigenvalue weighted by Crippen LogP contribution is -2.16. The number of aryl methyl sites for hydroxylation is 3. The standard InChI is InChI=1S/C17H20BrNS/c1-11-8-12(2)17(13(3)9-11)15(19)10-20-16-7-5-4-6-14(16)18/h4-9,15H,10,19H2,1-3H3. The van der Waals surface area contributed by atoms with E-state index in [-0.39, 0.29) is 6.04 Å². The van der Waals surface area contributed by atoms with E-state index < -0.39 is 0 Å². The highest BCUT2D eigenvalue weighted by Crippen LogP contribution is 2.31. The molecule has 2 rings (SSSR count). The number of benzene rings is 2. The minimum absolute atomic E-state index is 0.0627. The maximum Gasteiger partial charge on any atom is 0.0395 e. The van der Waals surface area contributed by atoms with Crippen LogP contribution in [0.2, 0.25) is 0 Å². The van der Waals surface area contributed by atoms with E-state index in [4.69, 9.17) is 5.73 Å². The zero-order chi connectivity index (χ0) is 14.7. The Kier molecular flexibility index (Phi) is 5.30. The maximum absolute atomic E-state index is 6.41. The topological polar surface area (TPSA) is 26.0 Å². The van der Waals surface area contributed by atoms with Crippen LogP contribution in [0.15, 0.2) is 45.8 Å². The summed E-state index contributed by atoms with van der Waals surface area (Å²) < 4.78 is 1.13. The van der Waals surface area contributed by atoms with Crippen molar-refractivity contribution in [1.29, 1.82) is 0 Å². The monoisotopic (exact) mass is 349 g/mol. The number of hydrogen-bond acceptors (Lipinski definition) is 2. The molecular formula is C17H20BrNS. The number of rotatable bonds is 4. The number of halogens is 1. The zero-order valence-electron chi connectivity index (χ0n) is 12.1. The van der Waals surface area contributed by atoms with Gasteiger partial charge in [0.05, 0.1) is 0 Å². The number of hydrogen-bond donors (Lipinski definition) is 1. The van der Waals surface area contributed by atoms with Crippen molar-refractivity contribution in [1.82, 2.24) is 0 Å². The summed E-state index contributed by atoms with van der Waals surface area (Å²) in [5.41, 5.74) is 11.6. The molecule has 0 spiro atoms. The van der Waals surface area contributed by atoms with Gasteiger partial charge in [0.25, 0.3) is 0 Å². The van der Waals surface area contributed by atoms with Crippen LogP contribution in [0.3, 0.4) is 0 Å². The molecular weight excluding hydrogens is 330 g/mol. The van der Waals surface area contributed by atoms with Crippen LogP contribution >= 0.6 is 27.7 Å². The second-order valence-corrected chi connectivity index (χ2v) is 7.08. The summed E-state index contributed by atoms with van der Waals surface area (Å²) in [4.78, 5) is 1.24. The van der Waals surface area contributed by atoms with Gasteiger partial charge < -0.3 is 5.73 Å². The molecule has 0 aromatic heterocycles. The Hall–Kier alpha value is -0.770. The van der Waals surface area contributed by atoms with E-state index >= 15 is 0 Å². The smallest absolute Gasteiger partial charge is 0.0395 e. The largest absolute Gasteiger partial charge is 0.323 e. The molecule has 0 aliphatic carbocycles. The minimum atomic E-state index is 0.0627. The first-order chi connectivity index (χ1) is 9.49. The van der Waals surface area contributed by atoms with Crippen LogP contribution in [0.5, 0.6) is 0 Å². The van der Waals surface area contributed by atoms with Crippen molar-refractivity contribution in [3.63, 3.8) is 0 Å². The van der Waals surface area contributed by atoms with Crippen molar-refractivity contribution in [3.8, 4) is 0 Å². The van der Waals surface area contributed by atoms with E-state index in [9.17, 15) is 0 Å². The summed E-state index contributed by atoms with van der Waals surface area (Å²) >= 11 is 5.38. The molecule has 0 aliphatic heterocycles. The molecule has 0 fully saturated rings. The fraction of sp³-hybridized carbons (Fsp3) is 0.294. The minimum Gasteiger partial charge on any atom is -0.323 e. The molecule has 2 aromatic carbocycles. The van der Waals surface area contributed by atoms with Crippen LogP contribution in [0, 0.1) is 20.8 Å². The second-order valence-electron chi connectivity index (χ2n) is 5.16. The SMILES string of the molecule is Cc1cc(C)c(C(N)CSc2ccccc2Br)c(C)c1. The third-order valence-electron chi connectivity index (χ3n) is 3.36. The molecule has 0 heterocycles. The summed E-state index contributed by atoms with van der Waals surface area (Å²) in [7, 11) is 0. The van der Waals surface area contributed by atoms with Crippen molar-refractivity contribution in [2.24, 2.45) is 5.73 Å². The Morgan fingerprint density at radius 3 is 2.30 bits per heavy atom. The molecule has 1 unspecified atom stereocenters. The number of nitrogens with two attached hydrogens (primary N) is 1. The van der Waals surface area contributed by atoms with Gasteiger partial charge in [-0.3, -0.25) is 0 Å². The molecule has 2 aromatic rings. The third kappa shape index (κ3) is 3.66. The highest BCUT2D eigenvalue weighted by molar-refractivity contribution is 9.10. The lowest BCUT2D eigenvalue weighted by molar-refractivity contribution is 0.813. The Morgan fingerprint density at radius 1 is 1.10 bits per heavy atom. The average molecular weight is 350 g/mol. The molecule has 0 bridgehead atoms. The van der Waals surface area contributed by atoms with Crippen LogP contribution < -0.4 is 5.73 Å². The first-order valence-corrected chi connectivity index (χ1v) is 8.47. The second kappa shape index (κ2) is 6.79. The quantitative estimate of drug-likeness (QED) is 0.770. The van der Waals surface area contributed by atoms with Gasteiger partial charge >= 0.3 is 0 Å². The molecule has 3 heteroatoms. The molecule has 0 radical (unpaired) electrons. The lowest BCUT2D eigenvalue weighted by Gasteiger charge is -2.18. The van der Waals surface area contributed by atoms with E-state index in [2.05, 4.69) is 67.0 Å². The average Bonchev–Trinajstić information content (AvgIpc) is 2.36.